The number of hydrogen-bond donors (Lipinski definition) is 0. The average molecular weight is 238 g/mol. The molecule has 0 saturated heterocycles. The van der Waals surface area contributed by atoms with E-state index in [1.165, 1.54) is 0 Å². The summed E-state index contributed by atoms with van der Waals surface area (Å²) in [6, 6.07) is 7.74. The van der Waals surface area contributed by atoms with E-state index in [9.17, 15) is 4.79 Å². The summed E-state index contributed by atoms with van der Waals surface area (Å²) in [6.45, 7) is 1.97. The Hall–Kier alpha value is -2.03. The normalized spacial score (nSPS) is 18.5. The van der Waals surface area contributed by atoms with E-state index in [1.54, 1.807) is 12.4 Å². The Morgan fingerprint density at radius 1 is 1.11 bits per heavy atom. The molecular formula is C15H14N2O. The van der Waals surface area contributed by atoms with E-state index < -0.39 is 0 Å². The third-order valence-electron chi connectivity index (χ3n) is 3.49. The molecule has 2 aromatic heterocycles. The van der Waals surface area contributed by atoms with Crippen molar-refractivity contribution in [3.05, 3.63) is 59.2 Å². The molecule has 1 aliphatic carbocycles. The van der Waals surface area contributed by atoms with Crippen molar-refractivity contribution >= 4 is 5.78 Å². The first-order valence-electron chi connectivity index (χ1n) is 6.14. The van der Waals surface area contributed by atoms with E-state index in [0.29, 0.717) is 6.42 Å². The molecule has 3 nitrogen and oxygen atoms in total. The third-order valence-corrected chi connectivity index (χ3v) is 3.49. The predicted octanol–water partition coefficient (Wildman–Crippen LogP) is 2.70. The second kappa shape index (κ2) is 4.33. The molecule has 1 unspecified atom stereocenters. The molecule has 3 heteroatoms. The number of carbonyl (C=O) groups is 1. The number of aromatic nitrogens is 2. The van der Waals surface area contributed by atoms with Crippen LogP contribution in [0, 0.1) is 6.92 Å². The summed E-state index contributed by atoms with van der Waals surface area (Å²) < 4.78 is 0. The maximum absolute atomic E-state index is 12.2. The molecule has 0 bridgehead atoms. The van der Waals surface area contributed by atoms with Gasteiger partial charge < -0.3 is 0 Å². The third kappa shape index (κ3) is 1.82. The van der Waals surface area contributed by atoms with E-state index in [1.807, 2.05) is 31.2 Å². The van der Waals surface area contributed by atoms with Crippen LogP contribution in [0.25, 0.3) is 0 Å². The minimum Gasteiger partial charge on any atom is -0.294 e. The highest BCUT2D eigenvalue weighted by atomic mass is 16.1. The number of ketones is 1. The van der Waals surface area contributed by atoms with E-state index in [-0.39, 0.29) is 11.7 Å². The van der Waals surface area contributed by atoms with Crippen molar-refractivity contribution in [2.45, 2.75) is 25.7 Å². The van der Waals surface area contributed by atoms with Crippen LogP contribution in [0.15, 0.2) is 36.7 Å². The van der Waals surface area contributed by atoms with E-state index >= 15 is 0 Å². The van der Waals surface area contributed by atoms with Gasteiger partial charge in [0.05, 0.1) is 5.69 Å². The van der Waals surface area contributed by atoms with Crippen molar-refractivity contribution in [2.75, 3.05) is 0 Å². The second-order valence-corrected chi connectivity index (χ2v) is 4.73. The van der Waals surface area contributed by atoms with Crippen LogP contribution in [-0.4, -0.2) is 15.8 Å². The number of nitrogens with zero attached hydrogens (tertiary/aromatic N) is 2. The van der Waals surface area contributed by atoms with Crippen molar-refractivity contribution in [1.82, 2.24) is 9.97 Å². The van der Waals surface area contributed by atoms with Crippen molar-refractivity contribution in [1.29, 1.82) is 0 Å². The Bertz CT molecular complexity index is 593. The summed E-state index contributed by atoms with van der Waals surface area (Å²) in [6.07, 6.45) is 4.90. The van der Waals surface area contributed by atoms with Crippen LogP contribution >= 0.6 is 0 Å². The van der Waals surface area contributed by atoms with Gasteiger partial charge in [-0.3, -0.25) is 14.8 Å². The zero-order chi connectivity index (χ0) is 12.5. The molecule has 18 heavy (non-hydrogen) atoms. The highest BCUT2D eigenvalue weighted by Crippen LogP contribution is 2.31. The number of Topliss-reactive ketones (excluding diaryl/α,β-unsaturated/α-hetero) is 1. The van der Waals surface area contributed by atoms with Gasteiger partial charge in [-0.2, -0.15) is 0 Å². The Kier molecular flexibility index (Phi) is 2.67. The quantitative estimate of drug-likeness (QED) is 0.767. The van der Waals surface area contributed by atoms with Crippen molar-refractivity contribution in [2.24, 2.45) is 0 Å². The van der Waals surface area contributed by atoms with Crippen LogP contribution in [0.5, 0.6) is 0 Å². The minimum absolute atomic E-state index is 0.167. The van der Waals surface area contributed by atoms with Crippen LogP contribution in [0.4, 0.5) is 0 Å². The minimum atomic E-state index is 0.167. The van der Waals surface area contributed by atoms with Gasteiger partial charge in [0.2, 0.25) is 0 Å². The fourth-order valence-corrected chi connectivity index (χ4v) is 2.61. The summed E-state index contributed by atoms with van der Waals surface area (Å²) in [5, 5.41) is 0. The maximum Gasteiger partial charge on any atom is 0.165 e. The summed E-state index contributed by atoms with van der Waals surface area (Å²) >= 11 is 0. The summed E-state index contributed by atoms with van der Waals surface area (Å²) in [7, 11) is 0. The van der Waals surface area contributed by atoms with Gasteiger partial charge in [-0.05, 0) is 37.1 Å². The predicted molar refractivity (Wildman–Crippen MR) is 68.6 cm³/mol. The van der Waals surface area contributed by atoms with E-state index in [4.69, 9.17) is 0 Å². The summed E-state index contributed by atoms with van der Waals surface area (Å²) in [5.74, 6) is 0.359. The monoisotopic (exact) mass is 238 g/mol. The number of carbonyl (C=O) groups excluding carboxylic acids is 1. The lowest BCUT2D eigenvalue weighted by Crippen LogP contribution is -2.21. The van der Waals surface area contributed by atoms with Crippen molar-refractivity contribution in [3.8, 4) is 0 Å². The van der Waals surface area contributed by atoms with Gasteiger partial charge in [-0.15, -0.1) is 0 Å². The second-order valence-electron chi connectivity index (χ2n) is 4.73. The number of rotatable bonds is 1. The fraction of sp³-hybridized carbons (Fsp3) is 0.267. The van der Waals surface area contributed by atoms with Crippen LogP contribution in [0.2, 0.25) is 0 Å². The smallest absolute Gasteiger partial charge is 0.165 e. The lowest BCUT2D eigenvalue weighted by molar-refractivity contribution is 0.0962. The van der Waals surface area contributed by atoms with Crippen LogP contribution in [0.3, 0.4) is 0 Å². The molecule has 3 rings (SSSR count). The van der Waals surface area contributed by atoms with E-state index in [0.717, 1.165) is 28.9 Å². The molecule has 1 aliphatic rings. The topological polar surface area (TPSA) is 42.9 Å². The molecule has 0 saturated carbocycles. The van der Waals surface area contributed by atoms with Gasteiger partial charge in [0.25, 0.3) is 0 Å². The zero-order valence-electron chi connectivity index (χ0n) is 10.3. The molecule has 0 spiro atoms. The lowest BCUT2D eigenvalue weighted by Gasteiger charge is -2.23. The average Bonchev–Trinajstić information content (AvgIpc) is 2.39. The number of fused-ring (bicyclic) bond motifs is 1. The lowest BCUT2D eigenvalue weighted by atomic mass is 9.82. The van der Waals surface area contributed by atoms with Crippen molar-refractivity contribution < 1.29 is 4.79 Å². The molecule has 2 heterocycles. The molecule has 90 valence electrons. The molecule has 0 fully saturated rings. The summed E-state index contributed by atoms with van der Waals surface area (Å²) in [4.78, 5) is 20.9. The molecule has 0 radical (unpaired) electrons. The van der Waals surface area contributed by atoms with Gasteiger partial charge in [-0.25, -0.2) is 0 Å². The largest absolute Gasteiger partial charge is 0.294 e. The highest BCUT2D eigenvalue weighted by molar-refractivity contribution is 5.99. The molecule has 2 aromatic rings. The first-order chi connectivity index (χ1) is 8.75. The Morgan fingerprint density at radius 3 is 2.78 bits per heavy atom. The molecule has 0 aromatic carbocycles. The Balaban J connectivity index is 2.00. The Labute approximate surface area is 106 Å². The Morgan fingerprint density at radius 2 is 2.00 bits per heavy atom. The van der Waals surface area contributed by atoms with Gasteiger partial charge in [0.15, 0.2) is 5.78 Å². The van der Waals surface area contributed by atoms with Gasteiger partial charge in [0.1, 0.15) is 0 Å². The van der Waals surface area contributed by atoms with Gasteiger partial charge in [-0.1, -0.05) is 6.07 Å². The first-order valence-corrected chi connectivity index (χ1v) is 6.14. The molecule has 1 atom stereocenters. The van der Waals surface area contributed by atoms with Gasteiger partial charge in [0, 0.05) is 36.0 Å². The first kappa shape index (κ1) is 11.1. The molecule has 0 amide bonds. The zero-order valence-corrected chi connectivity index (χ0v) is 10.3. The van der Waals surface area contributed by atoms with Gasteiger partial charge >= 0.3 is 0 Å². The highest BCUT2D eigenvalue weighted by Gasteiger charge is 2.28. The fourth-order valence-electron chi connectivity index (χ4n) is 2.61. The summed E-state index contributed by atoms with van der Waals surface area (Å²) in [5.41, 5.74) is 3.76. The molecular weight excluding hydrogens is 224 g/mol. The standard InChI is InChI=1S/C15H14N2O/c1-10-5-7-17-13-8-11(9-14(18)15(10)13)12-4-2-3-6-16-12/h2-7,11H,8-9H2,1H3. The van der Waals surface area contributed by atoms with Crippen LogP contribution in [-0.2, 0) is 6.42 Å². The number of hydrogen-bond acceptors (Lipinski definition) is 3. The maximum atomic E-state index is 12.2. The van der Waals surface area contributed by atoms with Crippen LogP contribution in [0.1, 0.15) is 39.6 Å². The van der Waals surface area contributed by atoms with E-state index in [2.05, 4.69) is 9.97 Å². The number of pyridine rings is 2. The SMILES string of the molecule is Cc1ccnc2c1C(=O)CC(c1ccccn1)C2. The van der Waals surface area contributed by atoms with Crippen LogP contribution < -0.4 is 0 Å². The molecule has 0 N–H and O–H groups in total. The molecule has 0 aliphatic heterocycles. The van der Waals surface area contributed by atoms with Crippen molar-refractivity contribution in [3.63, 3.8) is 0 Å². The number of aryl methyl sites for hydroxylation is 1.